The number of aryl methyl sites for hydroxylation is 2. The lowest BCUT2D eigenvalue weighted by atomic mass is 9.82. The van der Waals surface area contributed by atoms with Gasteiger partial charge in [0.05, 0.1) is 17.2 Å². The minimum absolute atomic E-state index is 0.118. The van der Waals surface area contributed by atoms with Crippen molar-refractivity contribution in [1.29, 1.82) is 0 Å². The van der Waals surface area contributed by atoms with Crippen LogP contribution in [0, 0.1) is 13.8 Å². The maximum Gasteiger partial charge on any atom is 0.216 e. The number of piperidine rings is 1. The van der Waals surface area contributed by atoms with Crippen molar-refractivity contribution in [2.24, 2.45) is 0 Å². The fourth-order valence-electron chi connectivity index (χ4n) is 4.02. The Morgan fingerprint density at radius 3 is 2.46 bits per heavy atom. The summed E-state index contributed by atoms with van der Waals surface area (Å²) in [6, 6.07) is 3.93. The number of hydrogen-bond donors (Lipinski definition) is 0. The van der Waals surface area contributed by atoms with Gasteiger partial charge in [-0.15, -0.1) is 0 Å². The number of rotatable bonds is 2. The van der Waals surface area contributed by atoms with E-state index in [2.05, 4.69) is 0 Å². The summed E-state index contributed by atoms with van der Waals surface area (Å²) in [6.45, 7) is 4.83. The van der Waals surface area contributed by atoms with Crippen LogP contribution in [-0.4, -0.2) is 42.4 Å². The second-order valence-electron chi connectivity index (χ2n) is 7.48. The van der Waals surface area contributed by atoms with E-state index in [9.17, 15) is 13.2 Å². The molecule has 0 amide bonds. The molecule has 0 radical (unpaired) electrons. The lowest BCUT2D eigenvalue weighted by molar-refractivity contribution is 0.00575. The molecule has 130 valence electrons. The first-order valence-electron chi connectivity index (χ1n) is 8.63. The third-order valence-corrected chi connectivity index (χ3v) is 7.87. The van der Waals surface area contributed by atoms with Gasteiger partial charge in [0.25, 0.3) is 0 Å². The molecule has 1 aromatic carbocycles. The van der Waals surface area contributed by atoms with Gasteiger partial charge in [-0.1, -0.05) is 6.07 Å². The van der Waals surface area contributed by atoms with E-state index in [1.807, 2.05) is 26.0 Å². The van der Waals surface area contributed by atoms with Gasteiger partial charge < -0.3 is 4.74 Å². The fraction of sp³-hybridized carbons (Fsp3) is 0.611. The van der Waals surface area contributed by atoms with E-state index in [0.29, 0.717) is 43.7 Å². The number of ether oxygens (including phenoxy) is 1. The van der Waals surface area contributed by atoms with Crippen molar-refractivity contribution in [1.82, 2.24) is 4.31 Å². The van der Waals surface area contributed by atoms with Crippen LogP contribution in [-0.2, 0) is 10.0 Å². The van der Waals surface area contributed by atoms with E-state index in [-0.39, 0.29) is 11.0 Å². The summed E-state index contributed by atoms with van der Waals surface area (Å²) in [7, 11) is -3.14. The lowest BCUT2D eigenvalue weighted by Gasteiger charge is -2.43. The molecule has 1 aromatic rings. The minimum Gasteiger partial charge on any atom is -0.486 e. The number of carbonyl (C=O) groups is 1. The molecule has 5 nitrogen and oxygen atoms in total. The molecule has 3 aliphatic rings. The minimum atomic E-state index is -3.14. The molecular formula is C18H23NO4S. The van der Waals surface area contributed by atoms with E-state index in [0.717, 1.165) is 24.0 Å². The normalized spacial score (nSPS) is 23.8. The first kappa shape index (κ1) is 16.1. The zero-order valence-electron chi connectivity index (χ0n) is 14.2. The molecule has 1 saturated carbocycles. The Balaban J connectivity index is 1.57. The Kier molecular flexibility index (Phi) is 3.55. The number of hydrogen-bond acceptors (Lipinski definition) is 4. The monoisotopic (exact) mass is 349 g/mol. The van der Waals surface area contributed by atoms with E-state index >= 15 is 0 Å². The molecule has 0 unspecified atom stereocenters. The topological polar surface area (TPSA) is 63.7 Å². The Morgan fingerprint density at radius 1 is 1.17 bits per heavy atom. The molecule has 6 heteroatoms. The molecule has 1 saturated heterocycles. The first-order chi connectivity index (χ1) is 11.3. The Morgan fingerprint density at radius 2 is 1.83 bits per heavy atom. The molecular weight excluding hydrogens is 326 g/mol. The van der Waals surface area contributed by atoms with Gasteiger partial charge in [-0.2, -0.15) is 0 Å². The zero-order chi connectivity index (χ0) is 17.1. The van der Waals surface area contributed by atoms with Crippen molar-refractivity contribution in [3.8, 4) is 5.75 Å². The number of carbonyl (C=O) groups excluding carboxylic acids is 1. The van der Waals surface area contributed by atoms with Gasteiger partial charge in [-0.25, -0.2) is 12.7 Å². The van der Waals surface area contributed by atoms with Crippen LogP contribution in [0.25, 0.3) is 0 Å². The van der Waals surface area contributed by atoms with Crippen LogP contribution in [0.15, 0.2) is 12.1 Å². The smallest absolute Gasteiger partial charge is 0.216 e. The largest absolute Gasteiger partial charge is 0.486 e. The van der Waals surface area contributed by atoms with Crippen molar-refractivity contribution in [3.63, 3.8) is 0 Å². The summed E-state index contributed by atoms with van der Waals surface area (Å²) in [5.74, 6) is 0.787. The number of fused-ring (bicyclic) bond motifs is 1. The van der Waals surface area contributed by atoms with E-state index in [1.54, 1.807) is 4.31 Å². The standard InChI is InChI=1S/C18H23NO4S/c1-12-9-13(2)17-15(20)11-18(23-16(17)10-12)5-7-19(8-6-18)24(21,22)14-3-4-14/h9-10,14H,3-8,11H2,1-2H3. The third kappa shape index (κ3) is 2.56. The van der Waals surface area contributed by atoms with Crippen LogP contribution < -0.4 is 4.74 Å². The second-order valence-corrected chi connectivity index (χ2v) is 9.70. The maximum absolute atomic E-state index is 12.7. The van der Waals surface area contributed by atoms with Gasteiger partial charge in [0.2, 0.25) is 10.0 Å². The van der Waals surface area contributed by atoms with Gasteiger partial charge in [0.15, 0.2) is 5.78 Å². The van der Waals surface area contributed by atoms with E-state index in [4.69, 9.17) is 4.74 Å². The Labute approximate surface area is 143 Å². The molecule has 0 atom stereocenters. The summed E-state index contributed by atoms with van der Waals surface area (Å²) >= 11 is 0. The molecule has 0 N–H and O–H groups in total. The van der Waals surface area contributed by atoms with Crippen LogP contribution >= 0.6 is 0 Å². The number of sulfonamides is 1. The Bertz CT molecular complexity index is 803. The molecule has 2 aliphatic heterocycles. The van der Waals surface area contributed by atoms with Crippen molar-refractivity contribution in [2.75, 3.05) is 13.1 Å². The van der Waals surface area contributed by atoms with Gasteiger partial charge in [0.1, 0.15) is 11.4 Å². The van der Waals surface area contributed by atoms with Crippen molar-refractivity contribution in [2.45, 2.75) is 56.8 Å². The highest BCUT2D eigenvalue weighted by molar-refractivity contribution is 7.90. The van der Waals surface area contributed by atoms with Crippen LogP contribution in [0.5, 0.6) is 5.75 Å². The summed E-state index contributed by atoms with van der Waals surface area (Å²) in [4.78, 5) is 12.7. The predicted octanol–water partition coefficient (Wildman–Crippen LogP) is 2.60. The summed E-state index contributed by atoms with van der Waals surface area (Å²) < 4.78 is 32.7. The molecule has 1 aliphatic carbocycles. The van der Waals surface area contributed by atoms with Gasteiger partial charge >= 0.3 is 0 Å². The first-order valence-corrected chi connectivity index (χ1v) is 10.1. The summed E-state index contributed by atoms with van der Waals surface area (Å²) in [5, 5.41) is -0.175. The number of benzene rings is 1. The number of ketones is 1. The quantitative estimate of drug-likeness (QED) is 0.823. The van der Waals surface area contributed by atoms with E-state index < -0.39 is 15.6 Å². The average Bonchev–Trinajstić information content (AvgIpc) is 3.31. The van der Waals surface area contributed by atoms with Gasteiger partial charge in [-0.3, -0.25) is 4.79 Å². The fourth-order valence-corrected chi connectivity index (χ4v) is 5.87. The molecule has 0 bridgehead atoms. The summed E-state index contributed by atoms with van der Waals surface area (Å²) in [6.07, 6.45) is 3.07. The van der Waals surface area contributed by atoms with Crippen LogP contribution in [0.4, 0.5) is 0 Å². The van der Waals surface area contributed by atoms with E-state index in [1.165, 1.54) is 0 Å². The highest BCUT2D eigenvalue weighted by Crippen LogP contribution is 2.42. The average molecular weight is 349 g/mol. The molecule has 4 rings (SSSR count). The van der Waals surface area contributed by atoms with Crippen molar-refractivity contribution >= 4 is 15.8 Å². The van der Waals surface area contributed by atoms with Gasteiger partial charge in [0, 0.05) is 25.9 Å². The highest BCUT2D eigenvalue weighted by atomic mass is 32.2. The van der Waals surface area contributed by atoms with Crippen LogP contribution in [0.1, 0.15) is 53.6 Å². The highest BCUT2D eigenvalue weighted by Gasteiger charge is 2.47. The van der Waals surface area contributed by atoms with Crippen molar-refractivity contribution < 1.29 is 17.9 Å². The van der Waals surface area contributed by atoms with Crippen molar-refractivity contribution in [3.05, 3.63) is 28.8 Å². The van der Waals surface area contributed by atoms with Gasteiger partial charge in [-0.05, 0) is 43.9 Å². The number of nitrogens with zero attached hydrogens (tertiary/aromatic N) is 1. The van der Waals surface area contributed by atoms with Crippen LogP contribution in [0.2, 0.25) is 0 Å². The summed E-state index contributed by atoms with van der Waals surface area (Å²) in [5.41, 5.74) is 2.18. The lowest BCUT2D eigenvalue weighted by Crippen LogP contribution is -2.52. The molecule has 2 fully saturated rings. The third-order valence-electron chi connectivity index (χ3n) is 5.47. The van der Waals surface area contributed by atoms with Crippen LogP contribution in [0.3, 0.4) is 0 Å². The number of Topliss-reactive ketones (excluding diaryl/α,β-unsaturated/α-hetero) is 1. The predicted molar refractivity (Wildman–Crippen MR) is 91.0 cm³/mol. The molecule has 1 spiro atoms. The Hall–Kier alpha value is -1.40. The molecule has 2 heterocycles. The zero-order valence-corrected chi connectivity index (χ0v) is 15.0. The maximum atomic E-state index is 12.7. The SMILES string of the molecule is Cc1cc(C)c2c(c1)OC1(CCN(S(=O)(=O)C3CC3)CC1)CC2=O. The molecule has 0 aromatic heterocycles. The molecule has 24 heavy (non-hydrogen) atoms. The second kappa shape index (κ2) is 5.30.